The highest BCUT2D eigenvalue weighted by Crippen LogP contribution is 2.32. The van der Waals surface area contributed by atoms with E-state index < -0.39 is 10.0 Å². The van der Waals surface area contributed by atoms with Crippen molar-refractivity contribution in [1.82, 2.24) is 15.1 Å². The minimum Gasteiger partial charge on any atom is -0.490 e. The molecule has 40 heavy (non-hydrogen) atoms. The van der Waals surface area contributed by atoms with Gasteiger partial charge in [-0.2, -0.15) is 0 Å². The van der Waals surface area contributed by atoms with Gasteiger partial charge in [-0.25, -0.2) is 8.42 Å². The molecule has 0 aliphatic carbocycles. The highest BCUT2D eigenvalue weighted by atomic mass is 32.2. The van der Waals surface area contributed by atoms with Crippen LogP contribution in [0.15, 0.2) is 48.5 Å². The zero-order chi connectivity index (χ0) is 28.3. The number of fused-ring (bicyclic) bond motifs is 2. The molecule has 10 nitrogen and oxygen atoms in total. The molecule has 3 aliphatic heterocycles. The van der Waals surface area contributed by atoms with Crippen LogP contribution in [0.2, 0.25) is 0 Å². The summed E-state index contributed by atoms with van der Waals surface area (Å²) in [4.78, 5) is 30.3. The predicted octanol–water partition coefficient (Wildman–Crippen LogP) is 2.61. The first-order valence-corrected chi connectivity index (χ1v) is 15.6. The zero-order valence-electron chi connectivity index (χ0n) is 23.0. The number of nitrogens with zero attached hydrogens (tertiary/aromatic N) is 2. The minimum absolute atomic E-state index is 0.0152. The normalized spacial score (nSPS) is 25.2. The molecule has 2 fully saturated rings. The molecule has 3 heterocycles. The highest BCUT2D eigenvalue weighted by Gasteiger charge is 2.39. The van der Waals surface area contributed by atoms with E-state index in [2.05, 4.69) is 27.1 Å². The van der Waals surface area contributed by atoms with Crippen molar-refractivity contribution in [3.8, 4) is 5.75 Å². The van der Waals surface area contributed by atoms with E-state index in [1.54, 1.807) is 31.0 Å². The average Bonchev–Trinajstić information content (AvgIpc) is 3.37. The first kappa shape index (κ1) is 28.4. The summed E-state index contributed by atoms with van der Waals surface area (Å²) in [6.07, 6.45) is 1.91. The first-order chi connectivity index (χ1) is 19.2. The number of hydrogen-bond acceptors (Lipinski definition) is 7. The van der Waals surface area contributed by atoms with Crippen molar-refractivity contribution in [2.75, 3.05) is 37.2 Å². The van der Waals surface area contributed by atoms with Gasteiger partial charge in [-0.15, -0.1) is 0 Å². The molecule has 216 valence electrons. The Kier molecular flexibility index (Phi) is 8.62. The standard InChI is InChI=1S/C29H38N4O6S/c1-3-40(36,37)31-21-9-12-26-24(15-21)29(35)32(2)25-11-10-23(39-27(25)19-38-26)16-28(34)30-22-13-14-33(18-22)17-20-7-5-4-6-8-20/h4-9,12,15,22-23,25,27,31H,3,10-11,13-14,16-19H2,1-2H3,(H,30,34)/t22-,23+,25+,27-/m0/s1. The van der Waals surface area contributed by atoms with Crippen molar-refractivity contribution in [2.45, 2.75) is 63.4 Å². The fourth-order valence-corrected chi connectivity index (χ4v) is 6.40. The van der Waals surface area contributed by atoms with Gasteiger partial charge in [-0.3, -0.25) is 19.2 Å². The van der Waals surface area contributed by atoms with E-state index in [-0.39, 0.29) is 54.9 Å². The topological polar surface area (TPSA) is 117 Å². The molecule has 2 saturated heterocycles. The number of carbonyl (C=O) groups excluding carboxylic acids is 2. The summed E-state index contributed by atoms with van der Waals surface area (Å²) in [7, 11) is -1.74. The van der Waals surface area contributed by atoms with Gasteiger partial charge in [-0.1, -0.05) is 30.3 Å². The number of anilines is 1. The number of amides is 2. The van der Waals surface area contributed by atoms with Gasteiger partial charge in [0.2, 0.25) is 15.9 Å². The Morgan fingerprint density at radius 1 is 1.10 bits per heavy atom. The van der Waals surface area contributed by atoms with Gasteiger partial charge in [0.25, 0.3) is 5.91 Å². The molecular weight excluding hydrogens is 532 g/mol. The lowest BCUT2D eigenvalue weighted by Gasteiger charge is -2.42. The van der Waals surface area contributed by atoms with E-state index in [9.17, 15) is 18.0 Å². The van der Waals surface area contributed by atoms with Crippen molar-refractivity contribution < 1.29 is 27.5 Å². The second-order valence-corrected chi connectivity index (χ2v) is 12.9. The molecule has 0 saturated carbocycles. The molecule has 2 aromatic rings. The maximum atomic E-state index is 13.4. The number of benzene rings is 2. The van der Waals surface area contributed by atoms with Gasteiger partial charge >= 0.3 is 0 Å². The summed E-state index contributed by atoms with van der Waals surface area (Å²) < 4.78 is 38.8. The summed E-state index contributed by atoms with van der Waals surface area (Å²) in [5, 5.41) is 3.19. The Hall–Kier alpha value is -3.15. The van der Waals surface area contributed by atoms with Crippen molar-refractivity contribution in [3.63, 3.8) is 0 Å². The van der Waals surface area contributed by atoms with Crippen LogP contribution in [0.1, 0.15) is 48.5 Å². The van der Waals surface area contributed by atoms with Crippen LogP contribution in [0, 0.1) is 0 Å². The van der Waals surface area contributed by atoms with Crippen molar-refractivity contribution in [1.29, 1.82) is 0 Å². The number of carbonyl (C=O) groups is 2. The van der Waals surface area contributed by atoms with Gasteiger partial charge in [0.05, 0.1) is 29.9 Å². The molecule has 0 spiro atoms. The Morgan fingerprint density at radius 3 is 2.67 bits per heavy atom. The lowest BCUT2D eigenvalue weighted by molar-refractivity contribution is -0.134. The highest BCUT2D eigenvalue weighted by molar-refractivity contribution is 7.92. The van der Waals surface area contributed by atoms with Crippen LogP contribution in [0.5, 0.6) is 5.75 Å². The molecule has 2 N–H and O–H groups in total. The Bertz CT molecular complexity index is 1320. The van der Waals surface area contributed by atoms with Gasteiger partial charge in [0.15, 0.2) is 0 Å². The maximum Gasteiger partial charge on any atom is 0.257 e. The molecule has 3 aliphatic rings. The molecule has 4 atom stereocenters. The number of sulfonamides is 1. The zero-order valence-corrected chi connectivity index (χ0v) is 23.9. The molecule has 0 unspecified atom stereocenters. The molecule has 0 bridgehead atoms. The molecule has 2 amide bonds. The first-order valence-electron chi connectivity index (χ1n) is 14.0. The SMILES string of the molecule is CCS(=O)(=O)Nc1ccc2c(c1)C(=O)N(C)[C@@H]1CC[C@H](CC(=O)N[C@H]3CCN(Cc4ccccc4)C3)O[C@H]1CO2. The van der Waals surface area contributed by atoms with Crippen LogP contribution < -0.4 is 14.8 Å². The largest absolute Gasteiger partial charge is 0.490 e. The second-order valence-electron chi connectivity index (χ2n) is 10.9. The monoisotopic (exact) mass is 570 g/mol. The van der Waals surface area contributed by atoms with E-state index >= 15 is 0 Å². The number of likely N-dealkylation sites (tertiary alicyclic amines) is 1. The van der Waals surface area contributed by atoms with E-state index in [4.69, 9.17) is 9.47 Å². The number of nitrogens with one attached hydrogen (secondary N) is 2. The average molecular weight is 571 g/mol. The lowest BCUT2D eigenvalue weighted by atomic mass is 9.94. The van der Waals surface area contributed by atoms with E-state index in [1.165, 1.54) is 11.6 Å². The molecule has 0 radical (unpaired) electrons. The Balaban J connectivity index is 1.16. The maximum absolute atomic E-state index is 13.4. The van der Waals surface area contributed by atoms with Gasteiger partial charge in [-0.05, 0) is 49.9 Å². The number of hydrogen-bond donors (Lipinski definition) is 2. The quantitative estimate of drug-likeness (QED) is 0.501. The third-order valence-electron chi connectivity index (χ3n) is 7.96. The minimum atomic E-state index is -3.48. The summed E-state index contributed by atoms with van der Waals surface area (Å²) in [5.41, 5.74) is 1.89. The fourth-order valence-electron chi connectivity index (χ4n) is 5.77. The van der Waals surface area contributed by atoms with Crippen LogP contribution in [-0.4, -0.2) is 86.8 Å². The van der Waals surface area contributed by atoms with Crippen LogP contribution in [-0.2, 0) is 26.1 Å². The molecule has 2 aromatic carbocycles. The van der Waals surface area contributed by atoms with Crippen LogP contribution in [0.3, 0.4) is 0 Å². The number of likely N-dealkylation sites (N-methyl/N-ethyl adjacent to an activating group) is 1. The second kappa shape index (κ2) is 12.2. The van der Waals surface area contributed by atoms with Crippen LogP contribution in [0.4, 0.5) is 5.69 Å². The van der Waals surface area contributed by atoms with Crippen molar-refractivity contribution in [2.24, 2.45) is 0 Å². The summed E-state index contributed by atoms with van der Waals surface area (Å²) in [5.74, 6) is 0.0312. The number of rotatable bonds is 8. The van der Waals surface area contributed by atoms with Gasteiger partial charge < -0.3 is 19.7 Å². The number of ether oxygens (including phenoxy) is 2. The van der Waals surface area contributed by atoms with E-state index in [0.717, 1.165) is 26.1 Å². The molecule has 11 heteroatoms. The molecular formula is C29H38N4O6S. The summed E-state index contributed by atoms with van der Waals surface area (Å²) in [6.45, 7) is 4.44. The third-order valence-corrected chi connectivity index (χ3v) is 9.27. The fraction of sp³-hybridized carbons (Fsp3) is 0.517. The van der Waals surface area contributed by atoms with E-state index in [1.807, 2.05) is 18.2 Å². The molecule has 5 rings (SSSR count). The Labute approximate surface area is 236 Å². The van der Waals surface area contributed by atoms with Crippen LogP contribution >= 0.6 is 0 Å². The van der Waals surface area contributed by atoms with Gasteiger partial charge in [0, 0.05) is 38.4 Å². The van der Waals surface area contributed by atoms with Crippen molar-refractivity contribution in [3.05, 3.63) is 59.7 Å². The molecule has 0 aromatic heterocycles. The predicted molar refractivity (Wildman–Crippen MR) is 152 cm³/mol. The van der Waals surface area contributed by atoms with Gasteiger partial charge in [0.1, 0.15) is 18.5 Å². The van der Waals surface area contributed by atoms with Crippen molar-refractivity contribution >= 4 is 27.5 Å². The summed E-state index contributed by atoms with van der Waals surface area (Å²) >= 11 is 0. The third kappa shape index (κ3) is 6.76. The Morgan fingerprint density at radius 2 is 1.90 bits per heavy atom. The lowest BCUT2D eigenvalue weighted by Crippen LogP contribution is -2.54. The smallest absolute Gasteiger partial charge is 0.257 e. The van der Waals surface area contributed by atoms with E-state index in [0.29, 0.717) is 29.8 Å². The summed E-state index contributed by atoms with van der Waals surface area (Å²) in [6, 6.07) is 15.0. The van der Waals surface area contributed by atoms with Crippen LogP contribution in [0.25, 0.3) is 0 Å².